The maximum absolute atomic E-state index is 5.82. The van der Waals surface area contributed by atoms with Crippen molar-refractivity contribution in [1.29, 1.82) is 0 Å². The Morgan fingerprint density at radius 3 is 2.58 bits per heavy atom. The van der Waals surface area contributed by atoms with Gasteiger partial charge in [0.15, 0.2) is 0 Å². The van der Waals surface area contributed by atoms with E-state index in [0.717, 1.165) is 23.0 Å². The summed E-state index contributed by atoms with van der Waals surface area (Å²) in [6.07, 6.45) is 6.73. The first-order valence-electron chi connectivity index (χ1n) is 9.95. The fourth-order valence-corrected chi connectivity index (χ4v) is 5.11. The third-order valence-corrected chi connectivity index (χ3v) is 6.47. The van der Waals surface area contributed by atoms with Crippen molar-refractivity contribution in [2.24, 2.45) is 5.92 Å². The molecule has 26 heavy (non-hydrogen) atoms. The third-order valence-electron chi connectivity index (χ3n) is 6.47. The summed E-state index contributed by atoms with van der Waals surface area (Å²) < 4.78 is 5.54. The molecular formula is C23H30N2O. The number of ether oxygens (including phenoxy) is 1. The average molecular weight is 351 g/mol. The highest BCUT2D eigenvalue weighted by Crippen LogP contribution is 2.51. The van der Waals surface area contributed by atoms with E-state index in [1.807, 2.05) is 12.1 Å². The lowest BCUT2D eigenvalue weighted by Crippen LogP contribution is -2.34. The van der Waals surface area contributed by atoms with Gasteiger partial charge in [-0.05, 0) is 85.5 Å². The van der Waals surface area contributed by atoms with Crippen LogP contribution in [-0.4, -0.2) is 13.2 Å². The molecule has 1 fully saturated rings. The predicted octanol–water partition coefficient (Wildman–Crippen LogP) is 5.54. The zero-order valence-electron chi connectivity index (χ0n) is 15.9. The average Bonchev–Trinajstić information content (AvgIpc) is 2.68. The molecule has 138 valence electrons. The highest BCUT2D eigenvalue weighted by Gasteiger charge is 2.38. The minimum atomic E-state index is 0.383. The second-order valence-corrected chi connectivity index (χ2v) is 8.04. The number of fused-ring (bicyclic) bond motifs is 3. The summed E-state index contributed by atoms with van der Waals surface area (Å²) in [5.41, 5.74) is 10.8. The van der Waals surface area contributed by atoms with Crippen LogP contribution in [-0.2, 0) is 0 Å². The highest BCUT2D eigenvalue weighted by molar-refractivity contribution is 5.52. The predicted molar refractivity (Wildman–Crippen MR) is 109 cm³/mol. The Hall–Kier alpha value is -2.16. The zero-order chi connectivity index (χ0) is 18.1. The van der Waals surface area contributed by atoms with Crippen LogP contribution in [0.4, 0.5) is 11.4 Å². The molecule has 0 radical (unpaired) electrons. The van der Waals surface area contributed by atoms with Crippen LogP contribution in [0.3, 0.4) is 0 Å². The van der Waals surface area contributed by atoms with Crippen molar-refractivity contribution in [3.8, 4) is 5.75 Å². The zero-order valence-corrected chi connectivity index (χ0v) is 15.9. The molecule has 0 aliphatic heterocycles. The fraction of sp³-hybridized carbons (Fsp3) is 0.478. The lowest BCUT2D eigenvalue weighted by Gasteiger charge is -2.43. The van der Waals surface area contributed by atoms with Gasteiger partial charge in [-0.25, -0.2) is 0 Å². The number of nitrogens with two attached hydrogens (primary N) is 1. The molecule has 2 aliphatic carbocycles. The van der Waals surface area contributed by atoms with Crippen LogP contribution < -0.4 is 15.8 Å². The van der Waals surface area contributed by atoms with Gasteiger partial charge in [-0.2, -0.15) is 0 Å². The van der Waals surface area contributed by atoms with Crippen molar-refractivity contribution < 1.29 is 4.74 Å². The first kappa shape index (κ1) is 17.3. The van der Waals surface area contributed by atoms with Gasteiger partial charge < -0.3 is 15.8 Å². The molecule has 3 nitrogen and oxygen atoms in total. The first-order valence-corrected chi connectivity index (χ1v) is 9.95. The van der Waals surface area contributed by atoms with Crippen molar-refractivity contribution in [3.63, 3.8) is 0 Å². The summed E-state index contributed by atoms with van der Waals surface area (Å²) in [7, 11) is 1.77. The molecule has 0 saturated heterocycles. The molecule has 0 spiro atoms. The number of nitrogens with one attached hydrogen (secondary N) is 1. The molecule has 4 unspecified atom stereocenters. The smallest absolute Gasteiger partial charge is 0.119 e. The van der Waals surface area contributed by atoms with Crippen LogP contribution in [0.2, 0.25) is 0 Å². The van der Waals surface area contributed by atoms with E-state index in [2.05, 4.69) is 42.6 Å². The molecule has 4 rings (SSSR count). The van der Waals surface area contributed by atoms with E-state index < -0.39 is 0 Å². The lowest BCUT2D eigenvalue weighted by molar-refractivity contribution is 0.246. The SMILES string of the molecule is COc1ccc2c(c1)C1CCCCC1CC2C(C)Nc1ccc(N)cc1. The van der Waals surface area contributed by atoms with Crippen LogP contribution in [0, 0.1) is 5.92 Å². The van der Waals surface area contributed by atoms with E-state index in [1.54, 1.807) is 7.11 Å². The van der Waals surface area contributed by atoms with Crippen LogP contribution >= 0.6 is 0 Å². The maximum atomic E-state index is 5.82. The monoisotopic (exact) mass is 350 g/mol. The van der Waals surface area contributed by atoms with Gasteiger partial charge in [0.25, 0.3) is 0 Å². The lowest BCUT2D eigenvalue weighted by atomic mass is 9.63. The van der Waals surface area contributed by atoms with Gasteiger partial charge in [0.05, 0.1) is 7.11 Å². The molecule has 0 bridgehead atoms. The molecule has 0 heterocycles. The minimum absolute atomic E-state index is 0.383. The van der Waals surface area contributed by atoms with Gasteiger partial charge in [0.1, 0.15) is 5.75 Å². The first-order chi connectivity index (χ1) is 12.7. The van der Waals surface area contributed by atoms with Crippen LogP contribution in [0.25, 0.3) is 0 Å². The quantitative estimate of drug-likeness (QED) is 0.712. The maximum Gasteiger partial charge on any atom is 0.119 e. The van der Waals surface area contributed by atoms with E-state index in [9.17, 15) is 0 Å². The Labute approximate surface area is 156 Å². The van der Waals surface area contributed by atoms with Crippen LogP contribution in [0.1, 0.15) is 62.0 Å². The van der Waals surface area contributed by atoms with Crippen molar-refractivity contribution in [1.82, 2.24) is 0 Å². The Morgan fingerprint density at radius 2 is 1.81 bits per heavy atom. The van der Waals surface area contributed by atoms with Gasteiger partial charge in [-0.1, -0.05) is 18.9 Å². The molecule has 2 aromatic rings. The molecule has 0 amide bonds. The largest absolute Gasteiger partial charge is 0.497 e. The summed E-state index contributed by atoms with van der Waals surface area (Å²) >= 11 is 0. The standard InChI is InChI=1S/C23H30N2O/c1-15(25-18-9-7-17(24)8-10-18)22-13-16-5-3-4-6-20(16)23-14-19(26-2)11-12-21(22)23/h7-12,14-16,20,22,25H,3-6,13,24H2,1-2H3. The molecular weight excluding hydrogens is 320 g/mol. The van der Waals surface area contributed by atoms with Crippen molar-refractivity contribution in [2.45, 2.75) is 56.9 Å². The van der Waals surface area contributed by atoms with E-state index in [4.69, 9.17) is 10.5 Å². The molecule has 2 aromatic carbocycles. The molecule has 1 saturated carbocycles. The number of methoxy groups -OCH3 is 1. The number of anilines is 2. The van der Waals surface area contributed by atoms with Gasteiger partial charge in [-0.3, -0.25) is 0 Å². The normalized spacial score (nSPS) is 25.7. The topological polar surface area (TPSA) is 47.3 Å². The van der Waals surface area contributed by atoms with Crippen LogP contribution in [0.15, 0.2) is 42.5 Å². The molecule has 4 atom stereocenters. The van der Waals surface area contributed by atoms with Gasteiger partial charge in [0, 0.05) is 23.3 Å². The second-order valence-electron chi connectivity index (χ2n) is 8.04. The highest BCUT2D eigenvalue weighted by atomic mass is 16.5. The third kappa shape index (κ3) is 3.27. The van der Waals surface area contributed by atoms with E-state index >= 15 is 0 Å². The Bertz CT molecular complexity index is 755. The van der Waals surface area contributed by atoms with Gasteiger partial charge in [-0.15, -0.1) is 0 Å². The van der Waals surface area contributed by atoms with Crippen molar-refractivity contribution >= 4 is 11.4 Å². The summed E-state index contributed by atoms with van der Waals surface area (Å²) in [5, 5.41) is 3.72. The van der Waals surface area contributed by atoms with E-state index in [-0.39, 0.29) is 0 Å². The molecule has 2 aliphatic rings. The van der Waals surface area contributed by atoms with Gasteiger partial charge in [0.2, 0.25) is 0 Å². The molecule has 3 N–H and O–H groups in total. The number of benzene rings is 2. The fourth-order valence-electron chi connectivity index (χ4n) is 5.11. The Balaban J connectivity index is 1.64. The summed E-state index contributed by atoms with van der Waals surface area (Å²) in [6.45, 7) is 2.32. The summed E-state index contributed by atoms with van der Waals surface area (Å²) in [5.74, 6) is 3.05. The number of nitrogen functional groups attached to an aromatic ring is 1. The number of hydrogen-bond donors (Lipinski definition) is 2. The molecule has 3 heteroatoms. The number of rotatable bonds is 4. The Kier molecular flexibility index (Phi) is 4.80. The second kappa shape index (κ2) is 7.22. The minimum Gasteiger partial charge on any atom is -0.497 e. The summed E-state index contributed by atoms with van der Waals surface area (Å²) in [4.78, 5) is 0. The van der Waals surface area contributed by atoms with Gasteiger partial charge >= 0.3 is 0 Å². The Morgan fingerprint density at radius 1 is 1.04 bits per heavy atom. The van der Waals surface area contributed by atoms with Crippen molar-refractivity contribution in [3.05, 3.63) is 53.6 Å². The summed E-state index contributed by atoms with van der Waals surface area (Å²) in [6, 6.07) is 15.2. The van der Waals surface area contributed by atoms with Crippen molar-refractivity contribution in [2.75, 3.05) is 18.2 Å². The molecule has 0 aromatic heterocycles. The number of hydrogen-bond acceptors (Lipinski definition) is 3. The van der Waals surface area contributed by atoms with E-state index in [0.29, 0.717) is 17.9 Å². The van der Waals surface area contributed by atoms with Crippen LogP contribution in [0.5, 0.6) is 5.75 Å². The van der Waals surface area contributed by atoms with E-state index in [1.165, 1.54) is 43.2 Å².